The number of hydrogen-bond donors (Lipinski definition) is 0. The third-order valence-corrected chi connectivity index (χ3v) is 6.70. The summed E-state index contributed by atoms with van der Waals surface area (Å²) in [6.07, 6.45) is 14.7. The highest BCUT2D eigenvalue weighted by Gasteiger charge is 2.47. The molecule has 1 aromatic carbocycles. The van der Waals surface area contributed by atoms with E-state index in [9.17, 15) is 0 Å². The van der Waals surface area contributed by atoms with Crippen LogP contribution in [0.3, 0.4) is 0 Å². The SMILES string of the molecule is C/C=C\C(=C/CC)C1(/C(C)=C/C)C2=C(CCC(Br)=C2)c2ccc(Br)cc21. The number of halogens is 2. The van der Waals surface area contributed by atoms with Gasteiger partial charge in [-0.25, -0.2) is 0 Å². The summed E-state index contributed by atoms with van der Waals surface area (Å²) in [4.78, 5) is 0. The molecular formula is C24H26Br2. The molecule has 2 aliphatic rings. The van der Waals surface area contributed by atoms with Crippen molar-refractivity contribution in [1.29, 1.82) is 0 Å². The number of hydrogen-bond acceptors (Lipinski definition) is 0. The topological polar surface area (TPSA) is 0 Å². The van der Waals surface area contributed by atoms with E-state index in [1.54, 1.807) is 0 Å². The normalized spacial score (nSPS) is 23.4. The van der Waals surface area contributed by atoms with Crippen molar-refractivity contribution in [3.8, 4) is 0 Å². The van der Waals surface area contributed by atoms with Crippen LogP contribution in [-0.4, -0.2) is 0 Å². The Kier molecular flexibility index (Phi) is 5.94. The van der Waals surface area contributed by atoms with Crippen molar-refractivity contribution in [2.24, 2.45) is 0 Å². The van der Waals surface area contributed by atoms with Crippen LogP contribution in [0.4, 0.5) is 0 Å². The number of fused-ring (bicyclic) bond motifs is 2. The Morgan fingerprint density at radius 2 is 1.96 bits per heavy atom. The van der Waals surface area contributed by atoms with Crippen LogP contribution in [0.2, 0.25) is 0 Å². The molecule has 2 aliphatic carbocycles. The fourth-order valence-corrected chi connectivity index (χ4v) is 5.26. The first-order chi connectivity index (χ1) is 12.5. The van der Waals surface area contributed by atoms with Gasteiger partial charge in [0.15, 0.2) is 0 Å². The van der Waals surface area contributed by atoms with Crippen LogP contribution in [-0.2, 0) is 5.41 Å². The van der Waals surface area contributed by atoms with Crippen molar-refractivity contribution in [2.75, 3.05) is 0 Å². The summed E-state index contributed by atoms with van der Waals surface area (Å²) < 4.78 is 2.44. The van der Waals surface area contributed by atoms with Crippen LogP contribution < -0.4 is 0 Å². The Balaban J connectivity index is 2.47. The van der Waals surface area contributed by atoms with Crippen molar-refractivity contribution >= 4 is 37.4 Å². The van der Waals surface area contributed by atoms with Crippen LogP contribution >= 0.6 is 31.9 Å². The first kappa shape index (κ1) is 19.6. The quantitative estimate of drug-likeness (QED) is 0.304. The van der Waals surface area contributed by atoms with Gasteiger partial charge in [-0.15, -0.1) is 0 Å². The van der Waals surface area contributed by atoms with Crippen LogP contribution in [0.1, 0.15) is 58.1 Å². The summed E-state index contributed by atoms with van der Waals surface area (Å²) in [7, 11) is 0. The zero-order valence-electron chi connectivity index (χ0n) is 16.0. The molecule has 0 saturated carbocycles. The first-order valence-electron chi connectivity index (χ1n) is 9.37. The molecule has 3 rings (SSSR count). The standard InChI is InChI=1S/C24H26Br2/c1-5-8-17(9-6-2)24(16(4)7-3)22-14-18(25)10-12-20(22)21-13-11-19(26)15-23(21)24/h5,7-10,12,14-15H,6,11,13H2,1-4H3/b8-5-,16-7+,17-9+. The summed E-state index contributed by atoms with van der Waals surface area (Å²) in [6, 6.07) is 6.80. The lowest BCUT2D eigenvalue weighted by molar-refractivity contribution is 0.726. The summed E-state index contributed by atoms with van der Waals surface area (Å²) in [5.74, 6) is 0. The summed E-state index contributed by atoms with van der Waals surface area (Å²) in [5, 5.41) is 0. The van der Waals surface area contributed by atoms with Crippen molar-refractivity contribution in [1.82, 2.24) is 0 Å². The number of rotatable bonds is 4. The van der Waals surface area contributed by atoms with Crippen LogP contribution in [0.25, 0.3) is 5.57 Å². The van der Waals surface area contributed by atoms with Gasteiger partial charge >= 0.3 is 0 Å². The van der Waals surface area contributed by atoms with Crippen LogP contribution in [0.15, 0.2) is 74.3 Å². The minimum absolute atomic E-state index is 0.203. The molecule has 0 aliphatic heterocycles. The third-order valence-electron chi connectivity index (χ3n) is 5.58. The highest BCUT2D eigenvalue weighted by molar-refractivity contribution is 9.11. The van der Waals surface area contributed by atoms with Crippen molar-refractivity contribution in [2.45, 2.75) is 52.4 Å². The van der Waals surface area contributed by atoms with Crippen molar-refractivity contribution < 1.29 is 0 Å². The van der Waals surface area contributed by atoms with Crippen LogP contribution in [0.5, 0.6) is 0 Å². The lowest BCUT2D eigenvalue weighted by atomic mass is 9.65. The molecule has 1 atom stereocenters. The Morgan fingerprint density at radius 3 is 2.62 bits per heavy atom. The van der Waals surface area contributed by atoms with Gasteiger partial charge in [0, 0.05) is 4.47 Å². The van der Waals surface area contributed by atoms with Crippen molar-refractivity contribution in [3.05, 3.63) is 85.4 Å². The lowest BCUT2D eigenvalue weighted by Gasteiger charge is -2.37. The van der Waals surface area contributed by atoms with E-state index < -0.39 is 0 Å². The molecule has 0 fully saturated rings. The third kappa shape index (κ3) is 2.96. The average molecular weight is 474 g/mol. The maximum Gasteiger partial charge on any atom is 0.0664 e. The molecule has 0 radical (unpaired) electrons. The molecule has 0 N–H and O–H groups in total. The molecule has 1 aromatic rings. The lowest BCUT2D eigenvalue weighted by Crippen LogP contribution is -2.30. The van der Waals surface area contributed by atoms with Crippen molar-refractivity contribution in [3.63, 3.8) is 0 Å². The van der Waals surface area contributed by atoms with Gasteiger partial charge in [-0.05, 0) is 90.6 Å². The Labute approximate surface area is 174 Å². The van der Waals surface area contributed by atoms with Gasteiger partial charge < -0.3 is 0 Å². The Bertz CT molecular complexity index is 877. The molecule has 0 spiro atoms. The second-order valence-electron chi connectivity index (χ2n) is 6.96. The van der Waals surface area contributed by atoms with Gasteiger partial charge in [0.1, 0.15) is 0 Å². The second-order valence-corrected chi connectivity index (χ2v) is 8.90. The summed E-state index contributed by atoms with van der Waals surface area (Å²) >= 11 is 7.52. The van der Waals surface area contributed by atoms with E-state index in [0.717, 1.165) is 23.7 Å². The maximum atomic E-state index is 3.79. The zero-order valence-corrected chi connectivity index (χ0v) is 19.2. The minimum Gasteiger partial charge on any atom is -0.0873 e. The molecule has 0 amide bonds. The highest BCUT2D eigenvalue weighted by atomic mass is 79.9. The van der Waals surface area contributed by atoms with E-state index in [1.165, 1.54) is 37.9 Å². The smallest absolute Gasteiger partial charge is 0.0664 e. The monoisotopic (exact) mass is 472 g/mol. The minimum atomic E-state index is -0.203. The molecule has 0 heterocycles. The molecule has 136 valence electrons. The van der Waals surface area contributed by atoms with Gasteiger partial charge in [0.25, 0.3) is 0 Å². The molecule has 2 heteroatoms. The molecular weight excluding hydrogens is 448 g/mol. The van der Waals surface area contributed by atoms with Gasteiger partial charge in [-0.2, -0.15) is 0 Å². The van der Waals surface area contributed by atoms with E-state index in [4.69, 9.17) is 0 Å². The molecule has 0 aromatic heterocycles. The number of benzene rings is 1. The molecule has 0 nitrogen and oxygen atoms in total. The molecule has 26 heavy (non-hydrogen) atoms. The summed E-state index contributed by atoms with van der Waals surface area (Å²) in [6.45, 7) is 8.78. The molecule has 0 saturated heterocycles. The predicted molar refractivity (Wildman–Crippen MR) is 122 cm³/mol. The van der Waals surface area contributed by atoms with Gasteiger partial charge in [-0.1, -0.05) is 74.7 Å². The van der Waals surface area contributed by atoms with E-state index in [0.29, 0.717) is 0 Å². The zero-order chi connectivity index (χ0) is 18.9. The fourth-order valence-electron chi connectivity index (χ4n) is 4.47. The Morgan fingerprint density at radius 1 is 1.19 bits per heavy atom. The van der Waals surface area contributed by atoms with E-state index >= 15 is 0 Å². The van der Waals surface area contributed by atoms with Gasteiger partial charge in [0.05, 0.1) is 5.41 Å². The second kappa shape index (κ2) is 7.86. The fraction of sp³-hybridized carbons (Fsp3) is 0.333. The summed E-state index contributed by atoms with van der Waals surface area (Å²) in [5.41, 5.74) is 8.32. The maximum absolute atomic E-state index is 3.79. The molecule has 0 bridgehead atoms. The average Bonchev–Trinajstić information content (AvgIpc) is 2.90. The van der Waals surface area contributed by atoms with Gasteiger partial charge in [-0.3, -0.25) is 0 Å². The number of allylic oxidation sites excluding steroid dienone is 10. The molecule has 1 unspecified atom stereocenters. The predicted octanol–water partition coefficient (Wildman–Crippen LogP) is 8.41. The van der Waals surface area contributed by atoms with Crippen LogP contribution in [0, 0.1) is 0 Å². The largest absolute Gasteiger partial charge is 0.0873 e. The first-order valence-corrected chi connectivity index (χ1v) is 11.0. The van der Waals surface area contributed by atoms with E-state index in [-0.39, 0.29) is 5.41 Å². The highest BCUT2D eigenvalue weighted by Crippen LogP contribution is 2.59. The van der Waals surface area contributed by atoms with E-state index in [2.05, 4.69) is 108 Å². The van der Waals surface area contributed by atoms with E-state index in [1.807, 2.05) is 0 Å². The van der Waals surface area contributed by atoms with Gasteiger partial charge in [0.2, 0.25) is 0 Å². The Hall–Kier alpha value is -1.12.